The number of amides is 1. The second kappa shape index (κ2) is 5.72. The summed E-state index contributed by atoms with van der Waals surface area (Å²) < 4.78 is 0. The average Bonchev–Trinajstić information content (AvgIpc) is 2.72. The normalized spacial score (nSPS) is 20.6. The summed E-state index contributed by atoms with van der Waals surface area (Å²) in [6.45, 7) is 2.96. The predicted molar refractivity (Wildman–Crippen MR) is 50.7 cm³/mol. The van der Waals surface area contributed by atoms with Gasteiger partial charge in [-0.25, -0.2) is 0 Å². The molecule has 0 radical (unpaired) electrons. The summed E-state index contributed by atoms with van der Waals surface area (Å²) in [5.41, 5.74) is 3.23. The van der Waals surface area contributed by atoms with E-state index in [4.69, 9.17) is 0 Å². The molecule has 0 saturated carbocycles. The quantitative estimate of drug-likeness (QED) is 0.441. The Morgan fingerprint density at radius 1 is 1.79 bits per heavy atom. The van der Waals surface area contributed by atoms with Crippen LogP contribution in [0.25, 0.3) is 0 Å². The van der Waals surface area contributed by atoms with Crippen molar-refractivity contribution in [3.05, 3.63) is 16.6 Å². The maximum absolute atomic E-state index is 11.8. The summed E-state index contributed by atoms with van der Waals surface area (Å²) in [4.78, 5) is 17.6. The van der Waals surface area contributed by atoms with Crippen LogP contribution in [0.1, 0.15) is 30.3 Å². The molecule has 1 fully saturated rings. The molecule has 1 aromatic heterocycles. The summed E-state index contributed by atoms with van der Waals surface area (Å²) in [5, 5.41) is 1.76. The van der Waals surface area contributed by atoms with E-state index >= 15 is 0 Å². The molecular weight excluding hydrogens is 223 g/mol. The summed E-state index contributed by atoms with van der Waals surface area (Å²) >= 11 is 1.34. The van der Waals surface area contributed by atoms with Gasteiger partial charge in [-0.15, -0.1) is 5.38 Å². The van der Waals surface area contributed by atoms with Gasteiger partial charge in [-0.3, -0.25) is 16.1 Å². The van der Waals surface area contributed by atoms with Crippen LogP contribution in [0.3, 0.4) is 0 Å². The predicted octanol–water partition coefficient (Wildman–Crippen LogP) is -1.43. The number of hydrogen-bond acceptors (Lipinski definition) is 3. The van der Waals surface area contributed by atoms with Crippen LogP contribution < -0.4 is 51.4 Å². The zero-order chi connectivity index (χ0) is 9.26. The van der Waals surface area contributed by atoms with E-state index in [9.17, 15) is 4.79 Å². The summed E-state index contributed by atoms with van der Waals surface area (Å²) in [6, 6.07) is 0.370. The Bertz CT molecular complexity index is 302. The van der Waals surface area contributed by atoms with Crippen molar-refractivity contribution in [3.63, 3.8) is 0 Å². The average molecular weight is 234 g/mol. The van der Waals surface area contributed by atoms with Gasteiger partial charge in [-0.05, 0) is 31.0 Å². The number of thiazole rings is 1. The van der Waals surface area contributed by atoms with E-state index in [0.717, 1.165) is 19.4 Å². The maximum Gasteiger partial charge on any atom is 1.00 e. The fraction of sp³-hybridized carbons (Fsp3) is 0.556. The summed E-state index contributed by atoms with van der Waals surface area (Å²) in [5.74, 6) is 0.0579. The Morgan fingerprint density at radius 3 is 3.07 bits per heavy atom. The molecule has 0 N–H and O–H groups in total. The molecule has 2 heterocycles. The van der Waals surface area contributed by atoms with Crippen LogP contribution in [0.5, 0.6) is 0 Å². The van der Waals surface area contributed by atoms with E-state index in [1.807, 2.05) is 4.90 Å². The number of likely N-dealkylation sites (tertiary alicyclic amines) is 1. The van der Waals surface area contributed by atoms with E-state index in [1.165, 1.54) is 11.3 Å². The molecule has 1 aliphatic heterocycles. The van der Waals surface area contributed by atoms with Crippen LogP contribution in [0.15, 0.2) is 5.38 Å². The minimum Gasteiger partial charge on any atom is -0.381 e. The monoisotopic (exact) mass is 234 g/mol. The minimum absolute atomic E-state index is 0. The van der Waals surface area contributed by atoms with Crippen LogP contribution >= 0.6 is 11.3 Å². The SMILES string of the molecule is C[C@H]1CCCN1C(=O)c1cs[c-]n1.[K+]. The molecular formula is C9H11KN2OS. The van der Waals surface area contributed by atoms with Gasteiger partial charge in [0.25, 0.3) is 0 Å². The van der Waals surface area contributed by atoms with Gasteiger partial charge in [-0.1, -0.05) is 0 Å². The molecule has 0 bridgehead atoms. The largest absolute Gasteiger partial charge is 1.00 e. The fourth-order valence-corrected chi connectivity index (χ4v) is 2.13. The number of rotatable bonds is 1. The van der Waals surface area contributed by atoms with Crippen LogP contribution in [-0.4, -0.2) is 28.4 Å². The first-order chi connectivity index (χ1) is 6.29. The Kier molecular flexibility index (Phi) is 5.23. The first kappa shape index (κ1) is 12.8. The van der Waals surface area contributed by atoms with Gasteiger partial charge >= 0.3 is 51.4 Å². The minimum atomic E-state index is 0. The van der Waals surface area contributed by atoms with E-state index in [-0.39, 0.29) is 57.3 Å². The fourth-order valence-electron chi connectivity index (χ4n) is 1.66. The second-order valence-electron chi connectivity index (χ2n) is 3.31. The van der Waals surface area contributed by atoms with E-state index in [0.29, 0.717) is 11.7 Å². The van der Waals surface area contributed by atoms with Gasteiger partial charge in [-0.2, -0.15) is 0 Å². The van der Waals surface area contributed by atoms with Crippen molar-refractivity contribution in [3.8, 4) is 0 Å². The maximum atomic E-state index is 11.8. The third-order valence-electron chi connectivity index (χ3n) is 2.42. The third kappa shape index (κ3) is 2.65. The van der Waals surface area contributed by atoms with Crippen molar-refractivity contribution in [2.45, 2.75) is 25.8 Å². The van der Waals surface area contributed by atoms with Crippen molar-refractivity contribution >= 4 is 17.2 Å². The first-order valence-electron chi connectivity index (χ1n) is 4.41. The number of carbonyl (C=O) groups excluding carboxylic acids is 1. The number of carbonyl (C=O) groups is 1. The van der Waals surface area contributed by atoms with Crippen molar-refractivity contribution in [2.75, 3.05) is 6.54 Å². The van der Waals surface area contributed by atoms with Gasteiger partial charge in [0.15, 0.2) is 0 Å². The Morgan fingerprint density at radius 2 is 2.57 bits per heavy atom. The first-order valence-corrected chi connectivity index (χ1v) is 5.29. The van der Waals surface area contributed by atoms with E-state index in [1.54, 1.807) is 5.38 Å². The van der Waals surface area contributed by atoms with E-state index in [2.05, 4.69) is 17.4 Å². The summed E-state index contributed by atoms with van der Waals surface area (Å²) in [6.07, 6.45) is 2.22. The van der Waals surface area contributed by atoms with Crippen LogP contribution in [0, 0.1) is 5.51 Å². The summed E-state index contributed by atoms with van der Waals surface area (Å²) in [7, 11) is 0. The molecule has 1 amide bonds. The van der Waals surface area contributed by atoms with Gasteiger partial charge < -0.3 is 9.88 Å². The number of hydrogen-bond donors (Lipinski definition) is 0. The number of aromatic nitrogens is 1. The van der Waals surface area contributed by atoms with Crippen molar-refractivity contribution in [1.29, 1.82) is 0 Å². The molecule has 5 heteroatoms. The van der Waals surface area contributed by atoms with Gasteiger partial charge in [0.2, 0.25) is 5.91 Å². The van der Waals surface area contributed by atoms with Crippen molar-refractivity contribution in [1.82, 2.24) is 9.88 Å². The number of nitrogens with zero attached hydrogens (tertiary/aromatic N) is 2. The van der Waals surface area contributed by atoms with Gasteiger partial charge in [0.1, 0.15) is 0 Å². The zero-order valence-corrected chi connectivity index (χ0v) is 12.4. The Balaban J connectivity index is 0.000000980. The third-order valence-corrected chi connectivity index (χ3v) is 2.96. The molecule has 0 aromatic carbocycles. The molecule has 70 valence electrons. The standard InChI is InChI=1S/C9H11N2OS.K/c1-7-3-2-4-11(7)9(12)8-5-13-6-10-8;/h5,7H,2-4H2,1H3;/q-1;+1/t7-;/m0./s1. The molecule has 2 rings (SSSR count). The van der Waals surface area contributed by atoms with Gasteiger partial charge in [0, 0.05) is 12.6 Å². The zero-order valence-electron chi connectivity index (χ0n) is 8.49. The molecule has 0 spiro atoms. The van der Waals surface area contributed by atoms with Crippen LogP contribution in [0.2, 0.25) is 0 Å². The molecule has 1 aliphatic rings. The molecule has 1 aromatic rings. The Hall–Kier alpha value is 0.736. The smallest absolute Gasteiger partial charge is 0.381 e. The van der Waals surface area contributed by atoms with Gasteiger partial charge in [0.05, 0.1) is 0 Å². The molecule has 3 nitrogen and oxygen atoms in total. The Labute approximate surface area is 130 Å². The van der Waals surface area contributed by atoms with Crippen molar-refractivity contribution in [2.24, 2.45) is 0 Å². The molecule has 0 unspecified atom stereocenters. The van der Waals surface area contributed by atoms with Crippen LogP contribution in [-0.2, 0) is 0 Å². The van der Waals surface area contributed by atoms with Crippen LogP contribution in [0.4, 0.5) is 0 Å². The molecule has 0 aliphatic carbocycles. The molecule has 14 heavy (non-hydrogen) atoms. The van der Waals surface area contributed by atoms with E-state index < -0.39 is 0 Å². The molecule has 1 saturated heterocycles. The molecule has 1 atom stereocenters. The van der Waals surface area contributed by atoms with Crippen molar-refractivity contribution < 1.29 is 56.2 Å². The topological polar surface area (TPSA) is 33.2 Å². The second-order valence-corrected chi connectivity index (χ2v) is 3.97.